The highest BCUT2D eigenvalue weighted by atomic mass is 79.9. The highest BCUT2D eigenvalue weighted by molar-refractivity contribution is 9.10. The van der Waals surface area contributed by atoms with E-state index in [1.807, 2.05) is 39.2 Å². The predicted octanol–water partition coefficient (Wildman–Crippen LogP) is 2.98. The number of amides is 1. The summed E-state index contributed by atoms with van der Waals surface area (Å²) >= 11 is 3.36. The Balaban J connectivity index is 2.13. The number of hydrogen-bond acceptors (Lipinski definition) is 2. The van der Waals surface area contributed by atoms with Crippen LogP contribution >= 0.6 is 15.9 Å². The number of aryl methyl sites for hydroxylation is 2. The lowest BCUT2D eigenvalue weighted by Gasteiger charge is -2.13. The van der Waals surface area contributed by atoms with Crippen LogP contribution in [0.1, 0.15) is 34.6 Å². The van der Waals surface area contributed by atoms with Crippen molar-refractivity contribution in [3.05, 3.63) is 51.8 Å². The first-order valence-corrected chi connectivity index (χ1v) is 6.83. The van der Waals surface area contributed by atoms with Crippen LogP contribution in [-0.2, 0) is 7.05 Å². The number of benzene rings is 1. The minimum Gasteiger partial charge on any atom is -0.345 e. The molecule has 0 aliphatic heterocycles. The molecule has 0 radical (unpaired) electrons. The molecule has 1 atom stereocenters. The standard InChI is InChI=1S/C14H16BrN3O/c1-9(13-8-18(3)17-10(13)2)16-14(19)11-5-4-6-12(15)7-11/h4-9H,1-3H3,(H,16,19). The first-order valence-electron chi connectivity index (χ1n) is 6.04. The highest BCUT2D eigenvalue weighted by Gasteiger charge is 2.15. The summed E-state index contributed by atoms with van der Waals surface area (Å²) in [5.41, 5.74) is 2.61. The van der Waals surface area contributed by atoms with Crippen LogP contribution in [0, 0.1) is 6.92 Å². The quantitative estimate of drug-likeness (QED) is 0.944. The van der Waals surface area contributed by atoms with E-state index in [2.05, 4.69) is 26.3 Å². The van der Waals surface area contributed by atoms with Crippen molar-refractivity contribution in [2.45, 2.75) is 19.9 Å². The van der Waals surface area contributed by atoms with Gasteiger partial charge in [0.25, 0.3) is 5.91 Å². The summed E-state index contributed by atoms with van der Waals surface area (Å²) in [7, 11) is 1.87. The molecule has 19 heavy (non-hydrogen) atoms. The van der Waals surface area contributed by atoms with Crippen LogP contribution in [0.25, 0.3) is 0 Å². The van der Waals surface area contributed by atoms with E-state index in [9.17, 15) is 4.79 Å². The average molecular weight is 322 g/mol. The Bertz CT molecular complexity index is 606. The molecule has 0 saturated carbocycles. The minimum absolute atomic E-state index is 0.0693. The van der Waals surface area contributed by atoms with Crippen LogP contribution in [0.5, 0.6) is 0 Å². The lowest BCUT2D eigenvalue weighted by atomic mass is 10.1. The number of carbonyl (C=O) groups excluding carboxylic acids is 1. The zero-order valence-electron chi connectivity index (χ0n) is 11.1. The van der Waals surface area contributed by atoms with Gasteiger partial charge in [0.1, 0.15) is 0 Å². The summed E-state index contributed by atoms with van der Waals surface area (Å²) < 4.78 is 2.65. The van der Waals surface area contributed by atoms with E-state index in [0.29, 0.717) is 5.56 Å². The number of hydrogen-bond donors (Lipinski definition) is 1. The average Bonchev–Trinajstić information content (AvgIpc) is 2.68. The maximum absolute atomic E-state index is 12.1. The Morgan fingerprint density at radius 2 is 2.21 bits per heavy atom. The minimum atomic E-state index is -0.0861. The Morgan fingerprint density at radius 3 is 2.79 bits per heavy atom. The molecule has 0 bridgehead atoms. The fraction of sp³-hybridized carbons (Fsp3) is 0.286. The third-order valence-electron chi connectivity index (χ3n) is 2.95. The zero-order valence-corrected chi connectivity index (χ0v) is 12.7. The third-order valence-corrected chi connectivity index (χ3v) is 3.45. The molecule has 5 heteroatoms. The zero-order chi connectivity index (χ0) is 14.0. The van der Waals surface area contributed by atoms with Gasteiger partial charge in [-0.1, -0.05) is 22.0 Å². The van der Waals surface area contributed by atoms with Gasteiger partial charge < -0.3 is 5.32 Å². The summed E-state index contributed by atoms with van der Waals surface area (Å²) in [4.78, 5) is 12.1. The van der Waals surface area contributed by atoms with Crippen molar-refractivity contribution in [3.63, 3.8) is 0 Å². The van der Waals surface area contributed by atoms with Crippen molar-refractivity contribution in [2.75, 3.05) is 0 Å². The predicted molar refractivity (Wildman–Crippen MR) is 78.0 cm³/mol. The largest absolute Gasteiger partial charge is 0.345 e. The smallest absolute Gasteiger partial charge is 0.251 e. The van der Waals surface area contributed by atoms with Crippen molar-refractivity contribution < 1.29 is 4.79 Å². The number of aromatic nitrogens is 2. The van der Waals surface area contributed by atoms with E-state index < -0.39 is 0 Å². The van der Waals surface area contributed by atoms with Crippen molar-refractivity contribution >= 4 is 21.8 Å². The molecule has 2 aromatic rings. The molecule has 1 N–H and O–H groups in total. The Hall–Kier alpha value is -1.62. The molecule has 0 fully saturated rings. The fourth-order valence-corrected chi connectivity index (χ4v) is 2.43. The second-order valence-electron chi connectivity index (χ2n) is 4.55. The summed E-state index contributed by atoms with van der Waals surface area (Å²) in [6.45, 7) is 3.90. The molecule has 0 aliphatic rings. The molecular formula is C14H16BrN3O. The van der Waals surface area contributed by atoms with Gasteiger partial charge in [0.15, 0.2) is 0 Å². The summed E-state index contributed by atoms with van der Waals surface area (Å²) in [5.74, 6) is -0.0861. The third kappa shape index (κ3) is 3.23. The molecule has 0 spiro atoms. The second kappa shape index (κ2) is 5.57. The van der Waals surface area contributed by atoms with E-state index in [1.165, 1.54) is 0 Å². The molecule has 0 saturated heterocycles. The van der Waals surface area contributed by atoms with Crippen molar-refractivity contribution in [1.29, 1.82) is 0 Å². The van der Waals surface area contributed by atoms with Gasteiger partial charge in [0, 0.05) is 28.8 Å². The van der Waals surface area contributed by atoms with Gasteiger partial charge in [0.05, 0.1) is 11.7 Å². The van der Waals surface area contributed by atoms with Gasteiger partial charge in [-0.3, -0.25) is 9.48 Å². The van der Waals surface area contributed by atoms with E-state index >= 15 is 0 Å². The van der Waals surface area contributed by atoms with Crippen LogP contribution in [0.15, 0.2) is 34.9 Å². The number of rotatable bonds is 3. The summed E-state index contributed by atoms with van der Waals surface area (Å²) in [6.07, 6.45) is 1.93. The van der Waals surface area contributed by atoms with E-state index in [4.69, 9.17) is 0 Å². The highest BCUT2D eigenvalue weighted by Crippen LogP contribution is 2.17. The Labute approximate surface area is 120 Å². The fourth-order valence-electron chi connectivity index (χ4n) is 2.03. The summed E-state index contributed by atoms with van der Waals surface area (Å²) in [5, 5.41) is 7.26. The molecule has 4 nitrogen and oxygen atoms in total. The van der Waals surface area contributed by atoms with Gasteiger partial charge >= 0.3 is 0 Å². The summed E-state index contributed by atoms with van der Waals surface area (Å²) in [6, 6.07) is 7.27. The monoisotopic (exact) mass is 321 g/mol. The number of halogens is 1. The van der Waals surface area contributed by atoms with Crippen molar-refractivity contribution in [1.82, 2.24) is 15.1 Å². The van der Waals surface area contributed by atoms with Crippen molar-refractivity contribution in [3.8, 4) is 0 Å². The molecule has 100 valence electrons. The van der Waals surface area contributed by atoms with Crippen LogP contribution in [-0.4, -0.2) is 15.7 Å². The van der Waals surface area contributed by atoms with E-state index in [-0.39, 0.29) is 11.9 Å². The van der Waals surface area contributed by atoms with Gasteiger partial charge in [-0.25, -0.2) is 0 Å². The molecular weight excluding hydrogens is 306 g/mol. The van der Waals surface area contributed by atoms with Crippen LogP contribution in [0.3, 0.4) is 0 Å². The Kier molecular flexibility index (Phi) is 4.04. The number of carbonyl (C=O) groups is 1. The van der Waals surface area contributed by atoms with Gasteiger partial charge in [-0.2, -0.15) is 5.10 Å². The lowest BCUT2D eigenvalue weighted by Crippen LogP contribution is -2.26. The maximum atomic E-state index is 12.1. The van der Waals surface area contributed by atoms with Gasteiger partial charge in [-0.15, -0.1) is 0 Å². The van der Waals surface area contributed by atoms with Crippen molar-refractivity contribution in [2.24, 2.45) is 7.05 Å². The second-order valence-corrected chi connectivity index (χ2v) is 5.46. The van der Waals surface area contributed by atoms with Crippen LogP contribution < -0.4 is 5.32 Å². The molecule has 2 rings (SSSR count). The first-order chi connectivity index (χ1) is 8.97. The molecule has 1 aromatic carbocycles. The molecule has 1 amide bonds. The molecule has 1 aromatic heterocycles. The first kappa shape index (κ1) is 13.8. The van der Waals surface area contributed by atoms with Crippen LogP contribution in [0.2, 0.25) is 0 Å². The topological polar surface area (TPSA) is 46.9 Å². The Morgan fingerprint density at radius 1 is 1.47 bits per heavy atom. The van der Waals surface area contributed by atoms with Crippen LogP contribution in [0.4, 0.5) is 0 Å². The van der Waals surface area contributed by atoms with Gasteiger partial charge in [-0.05, 0) is 32.0 Å². The van der Waals surface area contributed by atoms with Gasteiger partial charge in [0.2, 0.25) is 0 Å². The maximum Gasteiger partial charge on any atom is 0.251 e. The number of nitrogens with one attached hydrogen (secondary N) is 1. The molecule has 1 unspecified atom stereocenters. The SMILES string of the molecule is Cc1nn(C)cc1C(C)NC(=O)c1cccc(Br)c1. The number of nitrogens with zero attached hydrogens (tertiary/aromatic N) is 2. The molecule has 1 heterocycles. The van der Waals surface area contributed by atoms with E-state index in [1.54, 1.807) is 16.8 Å². The van der Waals surface area contributed by atoms with E-state index in [0.717, 1.165) is 15.7 Å². The normalized spacial score (nSPS) is 12.2. The lowest BCUT2D eigenvalue weighted by molar-refractivity contribution is 0.0940. The molecule has 0 aliphatic carbocycles.